The van der Waals surface area contributed by atoms with Crippen molar-refractivity contribution in [2.45, 2.75) is 26.2 Å². The van der Waals surface area contributed by atoms with E-state index in [1.807, 2.05) is 6.07 Å². The fourth-order valence-corrected chi connectivity index (χ4v) is 3.17. The fraction of sp³-hybridized carbons (Fsp3) is 0.160. The molecular weight excluding hydrogens is 316 g/mol. The topological polar surface area (TPSA) is 17.1 Å². The molecule has 1 nitrogen and oxygen atoms in total. The molecule has 0 radical (unpaired) electrons. The van der Waals surface area contributed by atoms with Gasteiger partial charge in [-0.2, -0.15) is 0 Å². The highest BCUT2D eigenvalue weighted by molar-refractivity contribution is 5.82. The minimum absolute atomic E-state index is 0.258. The first-order chi connectivity index (χ1) is 12.7. The van der Waals surface area contributed by atoms with Gasteiger partial charge in [-0.15, -0.1) is 0 Å². The lowest BCUT2D eigenvalue weighted by molar-refractivity contribution is -0.117. The number of hydrogen-bond donors (Lipinski definition) is 0. The van der Waals surface area contributed by atoms with Gasteiger partial charge in [-0.05, 0) is 47.6 Å². The fourth-order valence-electron chi connectivity index (χ4n) is 3.17. The molecule has 1 heteroatoms. The molecule has 0 atom stereocenters. The molecule has 0 aromatic heterocycles. The molecule has 0 heterocycles. The summed E-state index contributed by atoms with van der Waals surface area (Å²) in [7, 11) is 0. The maximum absolute atomic E-state index is 11.3. The normalized spacial score (nSPS) is 11.0. The van der Waals surface area contributed by atoms with Crippen molar-refractivity contribution in [3.05, 3.63) is 95.6 Å². The molecule has 3 aromatic rings. The van der Waals surface area contributed by atoms with Gasteiger partial charge in [-0.1, -0.05) is 91.0 Å². The van der Waals surface area contributed by atoms with Crippen molar-refractivity contribution in [2.24, 2.45) is 0 Å². The minimum Gasteiger partial charge on any atom is -0.300 e. The van der Waals surface area contributed by atoms with E-state index in [1.54, 1.807) is 6.92 Å². The Balaban J connectivity index is 1.90. The number of Topliss-reactive ketones (excluding diaryl/α,β-unsaturated/α-hetero) is 1. The van der Waals surface area contributed by atoms with Crippen LogP contribution in [0.5, 0.6) is 0 Å². The third-order valence-electron chi connectivity index (χ3n) is 4.50. The van der Waals surface area contributed by atoms with Crippen LogP contribution in [0.2, 0.25) is 0 Å². The van der Waals surface area contributed by atoms with Gasteiger partial charge < -0.3 is 4.79 Å². The van der Waals surface area contributed by atoms with E-state index in [1.165, 1.54) is 27.8 Å². The quantitative estimate of drug-likeness (QED) is 0.453. The average molecular weight is 340 g/mol. The van der Waals surface area contributed by atoms with Crippen molar-refractivity contribution in [1.29, 1.82) is 0 Å². The van der Waals surface area contributed by atoms with E-state index in [4.69, 9.17) is 0 Å². The van der Waals surface area contributed by atoms with Crippen LogP contribution in [0.25, 0.3) is 23.3 Å². The molecule has 0 N–H and O–H groups in total. The summed E-state index contributed by atoms with van der Waals surface area (Å²) in [5.74, 6) is 0.258. The SMILES string of the molecule is CC(=O)CCCc1ccccc1-c1ccccc1/C=C/c1ccccc1. The predicted octanol–water partition coefficient (Wildman–Crippen LogP) is 6.44. The zero-order chi connectivity index (χ0) is 18.2. The van der Waals surface area contributed by atoms with Gasteiger partial charge in [0, 0.05) is 6.42 Å². The van der Waals surface area contributed by atoms with Crippen molar-refractivity contribution in [3.63, 3.8) is 0 Å². The Kier molecular flexibility index (Phi) is 6.16. The van der Waals surface area contributed by atoms with Gasteiger partial charge in [0.05, 0.1) is 0 Å². The van der Waals surface area contributed by atoms with E-state index in [0.29, 0.717) is 6.42 Å². The molecule has 0 aliphatic carbocycles. The molecule has 3 rings (SSSR count). The van der Waals surface area contributed by atoms with Gasteiger partial charge in [0.25, 0.3) is 0 Å². The van der Waals surface area contributed by atoms with Crippen molar-refractivity contribution in [1.82, 2.24) is 0 Å². The molecule has 0 saturated carbocycles. The molecule has 0 fully saturated rings. The predicted molar refractivity (Wildman–Crippen MR) is 111 cm³/mol. The van der Waals surface area contributed by atoms with Crippen molar-refractivity contribution in [2.75, 3.05) is 0 Å². The molecular formula is C25H24O. The third kappa shape index (κ3) is 4.80. The second kappa shape index (κ2) is 8.96. The van der Waals surface area contributed by atoms with E-state index in [-0.39, 0.29) is 5.78 Å². The first-order valence-electron chi connectivity index (χ1n) is 9.14. The van der Waals surface area contributed by atoms with Crippen LogP contribution in [-0.2, 0) is 11.2 Å². The Morgan fingerprint density at radius 1 is 0.769 bits per heavy atom. The van der Waals surface area contributed by atoms with Crippen LogP contribution in [0.15, 0.2) is 78.9 Å². The van der Waals surface area contributed by atoms with Crippen LogP contribution in [-0.4, -0.2) is 5.78 Å². The lowest BCUT2D eigenvalue weighted by Crippen LogP contribution is -1.95. The Hall–Kier alpha value is -2.93. The first-order valence-corrected chi connectivity index (χ1v) is 9.14. The van der Waals surface area contributed by atoms with Gasteiger partial charge in [-0.25, -0.2) is 0 Å². The van der Waals surface area contributed by atoms with Crippen molar-refractivity contribution < 1.29 is 4.79 Å². The zero-order valence-electron chi connectivity index (χ0n) is 15.2. The highest BCUT2D eigenvalue weighted by atomic mass is 16.1. The molecule has 0 unspecified atom stereocenters. The van der Waals surface area contributed by atoms with E-state index >= 15 is 0 Å². The molecule has 0 amide bonds. The highest BCUT2D eigenvalue weighted by Gasteiger charge is 2.08. The highest BCUT2D eigenvalue weighted by Crippen LogP contribution is 2.29. The molecule has 0 saturated heterocycles. The number of benzene rings is 3. The molecule has 26 heavy (non-hydrogen) atoms. The Bertz CT molecular complexity index is 891. The number of carbonyl (C=O) groups excluding carboxylic acids is 1. The summed E-state index contributed by atoms with van der Waals surface area (Å²) in [6.07, 6.45) is 6.79. The lowest BCUT2D eigenvalue weighted by Gasteiger charge is -2.12. The summed E-state index contributed by atoms with van der Waals surface area (Å²) in [6.45, 7) is 1.66. The molecule has 0 spiro atoms. The second-order valence-electron chi connectivity index (χ2n) is 6.54. The second-order valence-corrected chi connectivity index (χ2v) is 6.54. The van der Waals surface area contributed by atoms with E-state index in [9.17, 15) is 4.79 Å². The Labute approximate surface area is 156 Å². The van der Waals surface area contributed by atoms with Gasteiger partial charge in [0.15, 0.2) is 0 Å². The van der Waals surface area contributed by atoms with Gasteiger partial charge in [0.1, 0.15) is 5.78 Å². The average Bonchev–Trinajstić information content (AvgIpc) is 2.68. The van der Waals surface area contributed by atoms with E-state index in [2.05, 4.69) is 84.9 Å². The molecule has 130 valence electrons. The maximum Gasteiger partial charge on any atom is 0.129 e. The standard InChI is InChI=1S/C25H24O/c1-20(26)10-9-15-22-13-5-7-16-24(22)25-17-8-6-14-23(25)19-18-21-11-3-2-4-12-21/h2-8,11-14,16-19H,9-10,15H2,1H3/b19-18+. The molecule has 3 aromatic carbocycles. The van der Waals surface area contributed by atoms with Crippen LogP contribution < -0.4 is 0 Å². The zero-order valence-corrected chi connectivity index (χ0v) is 15.2. The smallest absolute Gasteiger partial charge is 0.129 e. The minimum atomic E-state index is 0.258. The Morgan fingerprint density at radius 2 is 1.42 bits per heavy atom. The summed E-state index contributed by atoms with van der Waals surface area (Å²) in [5, 5.41) is 0. The van der Waals surface area contributed by atoms with Gasteiger partial charge in [0.2, 0.25) is 0 Å². The van der Waals surface area contributed by atoms with Gasteiger partial charge in [-0.3, -0.25) is 0 Å². The molecule has 0 aliphatic rings. The van der Waals surface area contributed by atoms with E-state index in [0.717, 1.165) is 12.8 Å². The van der Waals surface area contributed by atoms with Crippen LogP contribution in [0.4, 0.5) is 0 Å². The summed E-state index contributed by atoms with van der Waals surface area (Å²) in [4.78, 5) is 11.3. The third-order valence-corrected chi connectivity index (χ3v) is 4.50. The number of rotatable bonds is 7. The molecule has 0 bridgehead atoms. The van der Waals surface area contributed by atoms with Crippen LogP contribution in [0.1, 0.15) is 36.5 Å². The largest absolute Gasteiger partial charge is 0.300 e. The summed E-state index contributed by atoms with van der Waals surface area (Å²) in [6, 6.07) is 27.4. The van der Waals surface area contributed by atoms with Crippen molar-refractivity contribution >= 4 is 17.9 Å². The first kappa shape index (κ1) is 17.9. The molecule has 0 aliphatic heterocycles. The monoisotopic (exact) mass is 340 g/mol. The Morgan fingerprint density at radius 3 is 2.19 bits per heavy atom. The summed E-state index contributed by atoms with van der Waals surface area (Å²) in [5.41, 5.74) is 6.18. The van der Waals surface area contributed by atoms with Crippen LogP contribution in [0, 0.1) is 0 Å². The van der Waals surface area contributed by atoms with Crippen LogP contribution in [0.3, 0.4) is 0 Å². The summed E-state index contributed by atoms with van der Waals surface area (Å²) < 4.78 is 0. The van der Waals surface area contributed by atoms with Gasteiger partial charge >= 0.3 is 0 Å². The maximum atomic E-state index is 11.3. The number of ketones is 1. The number of hydrogen-bond acceptors (Lipinski definition) is 1. The lowest BCUT2D eigenvalue weighted by atomic mass is 9.92. The van der Waals surface area contributed by atoms with E-state index < -0.39 is 0 Å². The number of carbonyl (C=O) groups is 1. The van der Waals surface area contributed by atoms with Crippen molar-refractivity contribution in [3.8, 4) is 11.1 Å². The summed E-state index contributed by atoms with van der Waals surface area (Å²) >= 11 is 0. The number of aryl methyl sites for hydroxylation is 1. The van der Waals surface area contributed by atoms with Crippen LogP contribution >= 0.6 is 0 Å².